The van der Waals surface area contributed by atoms with Gasteiger partial charge in [0.15, 0.2) is 0 Å². The fraction of sp³-hybridized carbons (Fsp3) is 0.300. The molecular weight excluding hydrogens is 348 g/mol. The Morgan fingerprint density at radius 3 is 2.58 bits per heavy atom. The molecule has 1 aliphatic heterocycles. The summed E-state index contributed by atoms with van der Waals surface area (Å²) >= 11 is 1.45. The van der Waals surface area contributed by atoms with E-state index < -0.39 is 0 Å². The normalized spacial score (nSPS) is 14.5. The summed E-state index contributed by atoms with van der Waals surface area (Å²) in [6.45, 7) is 4.91. The first-order valence-electron chi connectivity index (χ1n) is 8.50. The van der Waals surface area contributed by atoms with Crippen LogP contribution in [-0.4, -0.2) is 37.0 Å². The van der Waals surface area contributed by atoms with Crippen molar-refractivity contribution in [3.63, 3.8) is 0 Å². The highest BCUT2D eigenvalue weighted by molar-refractivity contribution is 7.11. The van der Waals surface area contributed by atoms with E-state index in [1.54, 1.807) is 7.11 Å². The quantitative estimate of drug-likeness (QED) is 0.598. The zero-order valence-corrected chi connectivity index (χ0v) is 16.0. The van der Waals surface area contributed by atoms with Crippen LogP contribution in [0.15, 0.2) is 41.4 Å². The molecule has 0 fully saturated rings. The van der Waals surface area contributed by atoms with Gasteiger partial charge in [0.1, 0.15) is 5.70 Å². The Bertz CT molecular complexity index is 856. The van der Waals surface area contributed by atoms with Crippen molar-refractivity contribution in [1.29, 1.82) is 0 Å². The van der Waals surface area contributed by atoms with Crippen molar-refractivity contribution >= 4 is 34.4 Å². The lowest BCUT2D eigenvalue weighted by molar-refractivity contribution is -0.136. The number of benzene rings is 1. The van der Waals surface area contributed by atoms with E-state index in [1.165, 1.54) is 21.8 Å². The SMILES string of the molecule is COCCCN1C(=O)C(Nc2ccc(C)c(C)c2)=C(c2cccs2)C1=O. The van der Waals surface area contributed by atoms with Crippen molar-refractivity contribution < 1.29 is 14.3 Å². The molecule has 0 atom stereocenters. The van der Waals surface area contributed by atoms with E-state index >= 15 is 0 Å². The third kappa shape index (κ3) is 3.57. The number of methoxy groups -OCH3 is 1. The number of anilines is 1. The van der Waals surface area contributed by atoms with Crippen LogP contribution in [0.5, 0.6) is 0 Å². The van der Waals surface area contributed by atoms with Crippen molar-refractivity contribution in [2.24, 2.45) is 0 Å². The number of nitrogens with one attached hydrogen (secondary N) is 1. The van der Waals surface area contributed by atoms with Crippen LogP contribution in [0.4, 0.5) is 5.69 Å². The molecule has 2 amide bonds. The van der Waals surface area contributed by atoms with Crippen LogP contribution in [-0.2, 0) is 14.3 Å². The van der Waals surface area contributed by atoms with Crippen LogP contribution in [0.25, 0.3) is 5.57 Å². The second-order valence-electron chi connectivity index (χ2n) is 6.26. The van der Waals surface area contributed by atoms with Crippen LogP contribution in [0.3, 0.4) is 0 Å². The van der Waals surface area contributed by atoms with Crippen LogP contribution in [0.1, 0.15) is 22.4 Å². The number of nitrogens with zero attached hydrogens (tertiary/aromatic N) is 1. The third-order valence-corrected chi connectivity index (χ3v) is 5.33. The highest BCUT2D eigenvalue weighted by atomic mass is 32.1. The van der Waals surface area contributed by atoms with E-state index in [2.05, 4.69) is 5.32 Å². The lowest BCUT2D eigenvalue weighted by Gasteiger charge is -2.15. The van der Waals surface area contributed by atoms with Crippen LogP contribution in [0, 0.1) is 13.8 Å². The maximum atomic E-state index is 12.9. The Labute approximate surface area is 157 Å². The first kappa shape index (κ1) is 18.4. The second-order valence-corrected chi connectivity index (χ2v) is 7.21. The highest BCUT2D eigenvalue weighted by Gasteiger charge is 2.39. The number of hydrogen-bond acceptors (Lipinski definition) is 5. The molecular formula is C20H22N2O3S. The number of aryl methyl sites for hydroxylation is 2. The molecule has 0 radical (unpaired) electrons. The van der Waals surface area contributed by atoms with Gasteiger partial charge < -0.3 is 10.1 Å². The Morgan fingerprint density at radius 2 is 1.92 bits per heavy atom. The summed E-state index contributed by atoms with van der Waals surface area (Å²) in [5, 5.41) is 5.09. The number of carbonyl (C=O) groups excluding carboxylic acids is 2. The van der Waals surface area contributed by atoms with Gasteiger partial charge in [0, 0.05) is 30.8 Å². The predicted octanol–water partition coefficient (Wildman–Crippen LogP) is 3.59. The molecule has 5 nitrogen and oxygen atoms in total. The maximum Gasteiger partial charge on any atom is 0.278 e. The van der Waals surface area contributed by atoms with Crippen molar-refractivity contribution in [3.8, 4) is 0 Å². The summed E-state index contributed by atoms with van der Waals surface area (Å²) in [6.07, 6.45) is 0.614. The molecule has 0 spiro atoms. The summed E-state index contributed by atoms with van der Waals surface area (Å²) in [6, 6.07) is 9.66. The lowest BCUT2D eigenvalue weighted by atomic mass is 10.1. The zero-order chi connectivity index (χ0) is 18.7. The molecule has 0 saturated carbocycles. The molecule has 0 bridgehead atoms. The second kappa shape index (κ2) is 7.85. The zero-order valence-electron chi connectivity index (χ0n) is 15.2. The van der Waals surface area contributed by atoms with E-state index in [-0.39, 0.29) is 11.8 Å². The average Bonchev–Trinajstić information content (AvgIpc) is 3.21. The first-order chi connectivity index (χ1) is 12.5. The van der Waals surface area contributed by atoms with E-state index in [1.807, 2.05) is 49.6 Å². The minimum Gasteiger partial charge on any atom is -0.385 e. The number of imide groups is 1. The van der Waals surface area contributed by atoms with Gasteiger partial charge in [-0.1, -0.05) is 12.1 Å². The van der Waals surface area contributed by atoms with Gasteiger partial charge in [-0.3, -0.25) is 14.5 Å². The number of rotatable bonds is 7. The van der Waals surface area contributed by atoms with E-state index in [9.17, 15) is 9.59 Å². The molecule has 26 heavy (non-hydrogen) atoms. The van der Waals surface area contributed by atoms with Gasteiger partial charge in [-0.05, 0) is 55.0 Å². The van der Waals surface area contributed by atoms with Gasteiger partial charge in [-0.25, -0.2) is 0 Å². The number of thiophene rings is 1. The molecule has 2 heterocycles. The van der Waals surface area contributed by atoms with Gasteiger partial charge >= 0.3 is 0 Å². The number of hydrogen-bond donors (Lipinski definition) is 1. The molecule has 1 aromatic heterocycles. The standard InChI is InChI=1S/C20H22N2O3S/c1-13-7-8-15(12-14(13)2)21-18-17(16-6-4-11-26-16)19(23)22(20(18)24)9-5-10-25-3/h4,6-8,11-12,21H,5,9-10H2,1-3H3. The van der Waals surface area contributed by atoms with Gasteiger partial charge in [-0.15, -0.1) is 11.3 Å². The number of carbonyl (C=O) groups is 2. The lowest BCUT2D eigenvalue weighted by Crippen LogP contribution is -2.33. The molecule has 1 aliphatic rings. The van der Waals surface area contributed by atoms with Gasteiger partial charge in [-0.2, -0.15) is 0 Å². The van der Waals surface area contributed by atoms with Gasteiger partial charge in [0.2, 0.25) is 0 Å². The summed E-state index contributed by atoms with van der Waals surface area (Å²) in [5.41, 5.74) is 3.90. The minimum atomic E-state index is -0.285. The summed E-state index contributed by atoms with van der Waals surface area (Å²) in [7, 11) is 1.61. The smallest absolute Gasteiger partial charge is 0.278 e. The number of ether oxygens (including phenoxy) is 1. The predicted molar refractivity (Wildman–Crippen MR) is 104 cm³/mol. The Balaban J connectivity index is 1.95. The molecule has 0 aliphatic carbocycles. The molecule has 1 N–H and O–H groups in total. The maximum absolute atomic E-state index is 12.9. The largest absolute Gasteiger partial charge is 0.385 e. The highest BCUT2D eigenvalue weighted by Crippen LogP contribution is 2.33. The van der Waals surface area contributed by atoms with Crippen molar-refractivity contribution in [3.05, 3.63) is 57.4 Å². The Kier molecular flexibility index (Phi) is 5.54. The van der Waals surface area contributed by atoms with Crippen molar-refractivity contribution in [1.82, 2.24) is 4.90 Å². The third-order valence-electron chi connectivity index (χ3n) is 4.44. The minimum absolute atomic E-state index is 0.250. The summed E-state index contributed by atoms with van der Waals surface area (Å²) in [4.78, 5) is 27.9. The molecule has 6 heteroatoms. The molecule has 3 rings (SSSR count). The fourth-order valence-electron chi connectivity index (χ4n) is 2.87. The summed E-state index contributed by atoms with van der Waals surface area (Å²) < 4.78 is 5.04. The van der Waals surface area contributed by atoms with Crippen LogP contribution in [0.2, 0.25) is 0 Å². The summed E-state index contributed by atoms with van der Waals surface area (Å²) in [5.74, 6) is -0.535. The molecule has 136 valence electrons. The van der Waals surface area contributed by atoms with Crippen molar-refractivity contribution in [2.75, 3.05) is 25.6 Å². The van der Waals surface area contributed by atoms with E-state index in [4.69, 9.17) is 4.74 Å². The van der Waals surface area contributed by atoms with Gasteiger partial charge in [0.05, 0.1) is 5.57 Å². The first-order valence-corrected chi connectivity index (χ1v) is 9.38. The van der Waals surface area contributed by atoms with E-state index in [0.717, 1.165) is 16.1 Å². The molecule has 0 saturated heterocycles. The molecule has 1 aromatic carbocycles. The van der Waals surface area contributed by atoms with Gasteiger partial charge in [0.25, 0.3) is 11.8 Å². The van der Waals surface area contributed by atoms with E-state index in [0.29, 0.717) is 30.8 Å². The van der Waals surface area contributed by atoms with Crippen LogP contribution < -0.4 is 5.32 Å². The fourth-order valence-corrected chi connectivity index (χ4v) is 3.64. The molecule has 2 aromatic rings. The van der Waals surface area contributed by atoms with Crippen molar-refractivity contribution in [2.45, 2.75) is 20.3 Å². The Morgan fingerprint density at radius 1 is 1.12 bits per heavy atom. The topological polar surface area (TPSA) is 58.6 Å². The monoisotopic (exact) mass is 370 g/mol. The Hall–Kier alpha value is -2.44. The van der Waals surface area contributed by atoms with Crippen LogP contribution >= 0.6 is 11.3 Å². The molecule has 0 unspecified atom stereocenters. The average molecular weight is 370 g/mol. The number of amides is 2.